The number of nitrogens with one attached hydrogen (secondary N) is 1. The minimum atomic E-state index is -0.214. The van der Waals surface area contributed by atoms with Gasteiger partial charge in [0.1, 0.15) is 13.2 Å². The maximum absolute atomic E-state index is 13.1. The van der Waals surface area contributed by atoms with Crippen LogP contribution in [0.3, 0.4) is 0 Å². The quantitative estimate of drug-likeness (QED) is 0.729. The third-order valence-corrected chi connectivity index (χ3v) is 5.41. The summed E-state index contributed by atoms with van der Waals surface area (Å²) < 4.78 is 11.3. The van der Waals surface area contributed by atoms with E-state index >= 15 is 0 Å². The summed E-state index contributed by atoms with van der Waals surface area (Å²) in [5.41, 5.74) is 1.28. The zero-order valence-electron chi connectivity index (χ0n) is 16.1. The van der Waals surface area contributed by atoms with Crippen LogP contribution in [0.15, 0.2) is 36.4 Å². The number of anilines is 1. The molecule has 6 nitrogen and oxygen atoms in total. The molecule has 2 aliphatic rings. The van der Waals surface area contributed by atoms with Crippen molar-refractivity contribution in [2.75, 3.05) is 38.2 Å². The lowest BCUT2D eigenvalue weighted by Crippen LogP contribution is -2.25. The van der Waals surface area contributed by atoms with Crippen LogP contribution in [0, 0.1) is 0 Å². The second kappa shape index (κ2) is 8.84. The lowest BCUT2D eigenvalue weighted by Gasteiger charge is -2.21. The van der Waals surface area contributed by atoms with Crippen molar-refractivity contribution in [2.24, 2.45) is 0 Å². The fourth-order valence-electron chi connectivity index (χ4n) is 3.62. The normalized spacial score (nSPS) is 15.9. The van der Waals surface area contributed by atoms with Crippen LogP contribution >= 0.6 is 11.6 Å². The first-order valence-corrected chi connectivity index (χ1v) is 10.2. The summed E-state index contributed by atoms with van der Waals surface area (Å²) in [6.07, 6.45) is 2.75. The highest BCUT2D eigenvalue weighted by molar-refractivity contribution is 6.30. The van der Waals surface area contributed by atoms with Crippen LogP contribution in [0.1, 0.15) is 35.2 Å². The van der Waals surface area contributed by atoms with E-state index in [-0.39, 0.29) is 11.7 Å². The minimum Gasteiger partial charge on any atom is -0.486 e. The standard InChI is InChI=1S/C22H23ClN2O4/c23-16-5-3-15(4-6-16)22(27)17-13-19-20(29-12-11-28-19)14-18(17)24-21(26)7-10-25-8-1-2-9-25/h3-6,13-14H,1-2,7-12H2,(H,24,26). The number of rotatable bonds is 6. The van der Waals surface area contributed by atoms with E-state index in [1.54, 1.807) is 36.4 Å². The van der Waals surface area contributed by atoms with Crippen molar-refractivity contribution in [3.63, 3.8) is 0 Å². The third-order valence-electron chi connectivity index (χ3n) is 5.16. The summed E-state index contributed by atoms with van der Waals surface area (Å²) in [4.78, 5) is 27.9. The number of fused-ring (bicyclic) bond motifs is 1. The first kappa shape index (κ1) is 19.7. The van der Waals surface area contributed by atoms with Gasteiger partial charge >= 0.3 is 0 Å². The van der Waals surface area contributed by atoms with E-state index in [9.17, 15) is 9.59 Å². The first-order valence-electron chi connectivity index (χ1n) is 9.86. The number of carbonyl (C=O) groups excluding carboxylic acids is 2. The van der Waals surface area contributed by atoms with Gasteiger partial charge in [0.05, 0.1) is 11.3 Å². The van der Waals surface area contributed by atoms with E-state index < -0.39 is 0 Å². The van der Waals surface area contributed by atoms with Gasteiger partial charge in [-0.2, -0.15) is 0 Å². The second-order valence-electron chi connectivity index (χ2n) is 7.22. The van der Waals surface area contributed by atoms with E-state index in [1.165, 1.54) is 12.8 Å². The minimum absolute atomic E-state index is 0.126. The lowest BCUT2D eigenvalue weighted by atomic mass is 10.0. The molecule has 0 saturated carbocycles. The molecule has 0 spiro atoms. The van der Waals surface area contributed by atoms with Crippen LogP contribution in [0.5, 0.6) is 11.5 Å². The highest BCUT2D eigenvalue weighted by Gasteiger charge is 2.22. The number of likely N-dealkylation sites (tertiary alicyclic amines) is 1. The van der Waals surface area contributed by atoms with E-state index in [2.05, 4.69) is 10.2 Å². The molecule has 0 unspecified atom stereocenters. The van der Waals surface area contributed by atoms with Gasteiger partial charge < -0.3 is 19.7 Å². The summed E-state index contributed by atoms with van der Waals surface area (Å²) in [6, 6.07) is 9.98. The van der Waals surface area contributed by atoms with Gasteiger partial charge in [0.15, 0.2) is 17.3 Å². The molecule has 1 fully saturated rings. The maximum Gasteiger partial charge on any atom is 0.225 e. The van der Waals surface area contributed by atoms with E-state index in [0.717, 1.165) is 19.6 Å². The molecular weight excluding hydrogens is 392 g/mol. The van der Waals surface area contributed by atoms with E-state index in [4.69, 9.17) is 21.1 Å². The fourth-order valence-corrected chi connectivity index (χ4v) is 3.74. The Labute approximate surface area is 174 Å². The van der Waals surface area contributed by atoms with Gasteiger partial charge in [0.2, 0.25) is 5.91 Å². The number of ketones is 1. The van der Waals surface area contributed by atoms with Crippen molar-refractivity contribution in [3.8, 4) is 11.5 Å². The van der Waals surface area contributed by atoms with Crippen LogP contribution in [-0.2, 0) is 4.79 Å². The Kier molecular flexibility index (Phi) is 6.02. The SMILES string of the molecule is O=C(CCN1CCCC1)Nc1cc2c(cc1C(=O)c1ccc(Cl)cc1)OCCO2. The summed E-state index contributed by atoms with van der Waals surface area (Å²) in [5.74, 6) is 0.689. The van der Waals surface area contributed by atoms with Crippen LogP contribution < -0.4 is 14.8 Å². The van der Waals surface area contributed by atoms with Crippen molar-refractivity contribution >= 4 is 29.0 Å². The van der Waals surface area contributed by atoms with Gasteiger partial charge in [0.25, 0.3) is 0 Å². The van der Waals surface area contributed by atoms with Crippen molar-refractivity contribution < 1.29 is 19.1 Å². The fraction of sp³-hybridized carbons (Fsp3) is 0.364. The predicted octanol–water partition coefficient (Wildman–Crippen LogP) is 3.77. The number of ether oxygens (including phenoxy) is 2. The second-order valence-corrected chi connectivity index (χ2v) is 7.66. The number of amides is 1. The highest BCUT2D eigenvalue weighted by Crippen LogP contribution is 2.36. The number of nitrogens with zero attached hydrogens (tertiary/aromatic N) is 1. The molecular formula is C22H23ClN2O4. The monoisotopic (exact) mass is 414 g/mol. The zero-order chi connectivity index (χ0) is 20.2. The molecule has 1 amide bonds. The largest absolute Gasteiger partial charge is 0.486 e. The summed E-state index contributed by atoms with van der Waals surface area (Å²) >= 11 is 5.94. The van der Waals surface area contributed by atoms with Gasteiger partial charge in [0, 0.05) is 29.6 Å². The summed E-state index contributed by atoms with van der Waals surface area (Å²) in [5, 5.41) is 3.45. The van der Waals surface area contributed by atoms with Gasteiger partial charge in [-0.1, -0.05) is 11.6 Å². The number of carbonyl (C=O) groups is 2. The highest BCUT2D eigenvalue weighted by atomic mass is 35.5. The Hall–Kier alpha value is -2.57. The van der Waals surface area contributed by atoms with Gasteiger partial charge in [-0.25, -0.2) is 0 Å². The first-order chi connectivity index (χ1) is 14.1. The molecule has 1 saturated heterocycles. The summed E-state index contributed by atoms with van der Waals surface area (Å²) in [7, 11) is 0. The van der Waals surface area contributed by atoms with Crippen LogP contribution in [0.2, 0.25) is 5.02 Å². The lowest BCUT2D eigenvalue weighted by molar-refractivity contribution is -0.116. The molecule has 0 aromatic heterocycles. The number of halogens is 1. The van der Waals surface area contributed by atoms with Crippen molar-refractivity contribution in [1.82, 2.24) is 4.90 Å². The molecule has 0 aliphatic carbocycles. The Morgan fingerprint density at radius 1 is 1.00 bits per heavy atom. The molecule has 0 bridgehead atoms. The van der Waals surface area contributed by atoms with Crippen LogP contribution in [-0.4, -0.2) is 49.4 Å². The van der Waals surface area contributed by atoms with Crippen molar-refractivity contribution in [3.05, 3.63) is 52.5 Å². The zero-order valence-corrected chi connectivity index (χ0v) is 16.8. The topological polar surface area (TPSA) is 67.9 Å². The van der Waals surface area contributed by atoms with Crippen molar-refractivity contribution in [2.45, 2.75) is 19.3 Å². The predicted molar refractivity (Wildman–Crippen MR) is 111 cm³/mol. The smallest absolute Gasteiger partial charge is 0.225 e. The Balaban J connectivity index is 1.57. The summed E-state index contributed by atoms with van der Waals surface area (Å²) in [6.45, 7) is 3.65. The molecule has 1 N–H and O–H groups in total. The third kappa shape index (κ3) is 4.71. The average molecular weight is 415 g/mol. The molecule has 2 aromatic rings. The number of hydrogen-bond acceptors (Lipinski definition) is 5. The molecule has 2 aromatic carbocycles. The van der Waals surface area contributed by atoms with E-state index in [0.29, 0.717) is 53.0 Å². The molecule has 29 heavy (non-hydrogen) atoms. The van der Waals surface area contributed by atoms with Gasteiger partial charge in [-0.05, 0) is 56.3 Å². The van der Waals surface area contributed by atoms with Crippen molar-refractivity contribution in [1.29, 1.82) is 0 Å². The van der Waals surface area contributed by atoms with Gasteiger partial charge in [-0.15, -0.1) is 0 Å². The molecule has 152 valence electrons. The Morgan fingerprint density at radius 2 is 1.66 bits per heavy atom. The molecule has 0 radical (unpaired) electrons. The Morgan fingerprint density at radius 3 is 2.34 bits per heavy atom. The number of benzene rings is 2. The van der Waals surface area contributed by atoms with Gasteiger partial charge in [-0.3, -0.25) is 9.59 Å². The molecule has 0 atom stereocenters. The Bertz CT molecular complexity index is 908. The average Bonchev–Trinajstić information content (AvgIpc) is 3.25. The number of hydrogen-bond donors (Lipinski definition) is 1. The molecule has 2 heterocycles. The van der Waals surface area contributed by atoms with Crippen LogP contribution in [0.4, 0.5) is 5.69 Å². The molecule has 2 aliphatic heterocycles. The van der Waals surface area contributed by atoms with E-state index in [1.807, 2.05) is 0 Å². The maximum atomic E-state index is 13.1. The molecule has 7 heteroatoms. The van der Waals surface area contributed by atoms with Crippen LogP contribution in [0.25, 0.3) is 0 Å². The molecule has 4 rings (SSSR count).